The topological polar surface area (TPSA) is 77.8 Å². The predicted molar refractivity (Wildman–Crippen MR) is 86.6 cm³/mol. The lowest BCUT2D eigenvalue weighted by Crippen LogP contribution is -2.11. The maximum absolute atomic E-state index is 12.0. The van der Waals surface area contributed by atoms with Crippen LogP contribution in [-0.2, 0) is 4.79 Å². The van der Waals surface area contributed by atoms with Crippen LogP contribution in [0, 0.1) is 0 Å². The van der Waals surface area contributed by atoms with Gasteiger partial charge < -0.3 is 19.2 Å². The number of ketones is 1. The zero-order valence-corrected chi connectivity index (χ0v) is 13.7. The predicted octanol–water partition coefficient (Wildman–Crippen LogP) is 3.63. The first kappa shape index (κ1) is 15.4. The lowest BCUT2D eigenvalue weighted by molar-refractivity contribution is -0.111. The van der Waals surface area contributed by atoms with Gasteiger partial charge in [0, 0.05) is 17.7 Å². The highest BCUT2D eigenvalue weighted by Crippen LogP contribution is 2.37. The van der Waals surface area contributed by atoms with Crippen LogP contribution in [0.5, 0.6) is 11.5 Å². The molecule has 0 radical (unpaired) electrons. The van der Waals surface area contributed by atoms with Crippen molar-refractivity contribution in [2.24, 2.45) is 0 Å². The molecule has 0 unspecified atom stereocenters. The van der Waals surface area contributed by atoms with Gasteiger partial charge in [0.1, 0.15) is 5.76 Å². The normalized spacial score (nSPS) is 12.6. The fourth-order valence-electron chi connectivity index (χ4n) is 2.09. The van der Waals surface area contributed by atoms with E-state index in [4.69, 9.17) is 13.9 Å². The minimum absolute atomic E-state index is 0.0946. The van der Waals surface area contributed by atoms with Crippen LogP contribution in [0.15, 0.2) is 39.4 Å². The van der Waals surface area contributed by atoms with E-state index in [2.05, 4.69) is 21.2 Å². The third-order valence-corrected chi connectivity index (χ3v) is 3.57. The van der Waals surface area contributed by atoms with E-state index in [1.165, 1.54) is 19.1 Å². The monoisotopic (exact) mass is 377 g/mol. The van der Waals surface area contributed by atoms with Gasteiger partial charge in [-0.05, 0) is 47.1 Å². The number of Topliss-reactive ketones (excluding diaryl/α,β-unsaturated/α-hetero) is 1. The molecule has 23 heavy (non-hydrogen) atoms. The molecule has 118 valence electrons. The number of rotatable bonds is 4. The Morgan fingerprint density at radius 3 is 2.61 bits per heavy atom. The van der Waals surface area contributed by atoms with E-state index in [0.29, 0.717) is 33.2 Å². The second-order valence-corrected chi connectivity index (χ2v) is 5.55. The molecule has 0 saturated heterocycles. The number of amides is 1. The van der Waals surface area contributed by atoms with E-state index in [1.54, 1.807) is 24.3 Å². The first-order chi connectivity index (χ1) is 11.0. The van der Waals surface area contributed by atoms with Crippen LogP contribution in [0.25, 0.3) is 6.08 Å². The Kier molecular flexibility index (Phi) is 4.20. The lowest BCUT2D eigenvalue weighted by Gasteiger charge is -2.09. The Bertz CT molecular complexity index is 809. The maximum Gasteiger partial charge on any atom is 0.248 e. The molecule has 1 aromatic heterocycles. The number of furan rings is 1. The van der Waals surface area contributed by atoms with Crippen LogP contribution in [0.4, 0.5) is 5.69 Å². The Morgan fingerprint density at radius 1 is 1.22 bits per heavy atom. The summed E-state index contributed by atoms with van der Waals surface area (Å²) in [4.78, 5) is 23.8. The Balaban J connectivity index is 1.80. The second kappa shape index (κ2) is 6.29. The summed E-state index contributed by atoms with van der Waals surface area (Å²) in [5.41, 5.74) is 0.730. The number of nitrogens with one attached hydrogen (secondary N) is 1. The molecule has 6 nitrogen and oxygen atoms in total. The van der Waals surface area contributed by atoms with E-state index >= 15 is 0 Å². The van der Waals surface area contributed by atoms with E-state index in [9.17, 15) is 9.59 Å². The molecule has 0 spiro atoms. The molecule has 1 aliphatic rings. The van der Waals surface area contributed by atoms with Crippen molar-refractivity contribution in [1.29, 1.82) is 0 Å². The summed E-state index contributed by atoms with van der Waals surface area (Å²) in [5, 5.41) is 2.66. The molecular weight excluding hydrogens is 366 g/mol. The fraction of sp³-hybridized carbons (Fsp3) is 0.125. The van der Waals surface area contributed by atoms with Crippen molar-refractivity contribution in [3.05, 3.63) is 46.3 Å². The molecule has 7 heteroatoms. The van der Waals surface area contributed by atoms with E-state index < -0.39 is 0 Å². The molecule has 2 aromatic rings. The molecule has 0 atom stereocenters. The van der Waals surface area contributed by atoms with E-state index in [1.807, 2.05) is 0 Å². The Hall–Kier alpha value is -2.54. The number of ether oxygens (including phenoxy) is 2. The van der Waals surface area contributed by atoms with Gasteiger partial charge in [-0.2, -0.15) is 0 Å². The number of hydrogen-bond donors (Lipinski definition) is 1. The number of hydrogen-bond acceptors (Lipinski definition) is 5. The molecule has 0 bridgehead atoms. The number of fused-ring (bicyclic) bond motifs is 1. The summed E-state index contributed by atoms with van der Waals surface area (Å²) in [6.07, 6.45) is 2.85. The van der Waals surface area contributed by atoms with Gasteiger partial charge in [-0.3, -0.25) is 9.59 Å². The van der Waals surface area contributed by atoms with Gasteiger partial charge in [0.15, 0.2) is 22.0 Å². The fourth-order valence-corrected chi connectivity index (χ4v) is 2.41. The van der Waals surface area contributed by atoms with E-state index in [-0.39, 0.29) is 18.5 Å². The first-order valence-electron chi connectivity index (χ1n) is 6.72. The van der Waals surface area contributed by atoms with Crippen LogP contribution in [0.3, 0.4) is 0 Å². The maximum atomic E-state index is 12.0. The molecule has 2 heterocycles. The third kappa shape index (κ3) is 3.45. The van der Waals surface area contributed by atoms with Gasteiger partial charge in [-0.25, -0.2) is 0 Å². The summed E-state index contributed by atoms with van der Waals surface area (Å²) in [6.45, 7) is 1.51. The van der Waals surface area contributed by atoms with Crippen molar-refractivity contribution in [1.82, 2.24) is 0 Å². The van der Waals surface area contributed by atoms with Crippen LogP contribution in [0.1, 0.15) is 23.0 Å². The van der Waals surface area contributed by atoms with E-state index in [0.717, 1.165) is 0 Å². The highest BCUT2D eigenvalue weighted by molar-refractivity contribution is 9.10. The average Bonchev–Trinajstić information content (AvgIpc) is 3.12. The number of anilines is 1. The molecular formula is C16H12BrNO5. The van der Waals surface area contributed by atoms with Crippen molar-refractivity contribution in [2.45, 2.75) is 6.92 Å². The van der Waals surface area contributed by atoms with Crippen LogP contribution < -0.4 is 14.8 Å². The molecule has 0 fully saturated rings. The molecule has 0 saturated carbocycles. The summed E-state index contributed by atoms with van der Waals surface area (Å²) in [7, 11) is 0. The van der Waals surface area contributed by atoms with Gasteiger partial charge in [0.05, 0.1) is 5.69 Å². The van der Waals surface area contributed by atoms with Crippen LogP contribution in [-0.4, -0.2) is 18.5 Å². The van der Waals surface area contributed by atoms with Gasteiger partial charge in [0.25, 0.3) is 0 Å². The minimum atomic E-state index is -0.390. The minimum Gasteiger partial charge on any atom is -0.454 e. The highest BCUT2D eigenvalue weighted by Gasteiger charge is 2.19. The number of carbonyl (C=O) groups excluding carboxylic acids is 2. The zero-order chi connectivity index (χ0) is 16.4. The van der Waals surface area contributed by atoms with Gasteiger partial charge in [0.2, 0.25) is 12.7 Å². The molecule has 1 amide bonds. The largest absolute Gasteiger partial charge is 0.454 e. The molecule has 0 aliphatic carbocycles. The second-order valence-electron chi connectivity index (χ2n) is 4.77. The van der Waals surface area contributed by atoms with Crippen molar-refractivity contribution in [3.8, 4) is 11.5 Å². The summed E-state index contributed by atoms with van der Waals surface area (Å²) >= 11 is 3.18. The molecule has 3 rings (SSSR count). The first-order valence-corrected chi connectivity index (χ1v) is 7.51. The molecule has 1 N–H and O–H groups in total. The molecule has 1 aromatic carbocycles. The van der Waals surface area contributed by atoms with Crippen molar-refractivity contribution in [3.63, 3.8) is 0 Å². The smallest absolute Gasteiger partial charge is 0.248 e. The third-order valence-electron chi connectivity index (χ3n) is 3.14. The van der Waals surface area contributed by atoms with Crippen LogP contribution in [0.2, 0.25) is 0 Å². The quantitative estimate of drug-likeness (QED) is 0.650. The summed E-state index contributed by atoms with van der Waals surface area (Å²) in [6, 6.07) is 6.58. The van der Waals surface area contributed by atoms with Crippen molar-refractivity contribution in [2.75, 3.05) is 12.1 Å². The summed E-state index contributed by atoms with van der Waals surface area (Å²) < 4.78 is 16.3. The zero-order valence-electron chi connectivity index (χ0n) is 12.1. The Labute approximate surface area is 140 Å². The number of halogens is 1. The highest BCUT2D eigenvalue weighted by atomic mass is 79.9. The van der Waals surface area contributed by atoms with Crippen LogP contribution >= 0.6 is 15.9 Å². The van der Waals surface area contributed by atoms with Crippen molar-refractivity contribution >= 4 is 39.4 Å². The lowest BCUT2D eigenvalue weighted by atomic mass is 10.1. The van der Waals surface area contributed by atoms with Gasteiger partial charge in [-0.15, -0.1) is 0 Å². The summed E-state index contributed by atoms with van der Waals surface area (Å²) in [5.74, 6) is 0.939. The Morgan fingerprint density at radius 2 is 1.96 bits per heavy atom. The standard InChI is InChI=1S/C16H12BrNO5/c1-9(19)11-6-13-14(22-8-21-13)7-12(11)18-16(20)5-3-10-2-4-15(17)23-10/h2-7H,8H2,1H3,(H,18,20)/b5-3+. The number of carbonyl (C=O) groups is 2. The average molecular weight is 378 g/mol. The van der Waals surface area contributed by atoms with Gasteiger partial charge >= 0.3 is 0 Å². The van der Waals surface area contributed by atoms with Crippen molar-refractivity contribution < 1.29 is 23.5 Å². The number of benzene rings is 1. The van der Waals surface area contributed by atoms with Gasteiger partial charge in [-0.1, -0.05) is 0 Å². The SMILES string of the molecule is CC(=O)c1cc2c(cc1NC(=O)/C=C/c1ccc(Br)o1)OCO2. The molecule has 1 aliphatic heterocycles.